The zero-order chi connectivity index (χ0) is 21.6. The molecule has 1 saturated heterocycles. The van der Waals surface area contributed by atoms with Gasteiger partial charge in [0.15, 0.2) is 0 Å². The Morgan fingerprint density at radius 1 is 1.31 bits per heavy atom. The van der Waals surface area contributed by atoms with Crippen molar-refractivity contribution in [1.82, 2.24) is 4.90 Å². The highest BCUT2D eigenvalue weighted by Gasteiger charge is 2.38. The summed E-state index contributed by atoms with van der Waals surface area (Å²) in [6.07, 6.45) is -0.570. The zero-order valence-corrected chi connectivity index (χ0v) is 16.2. The summed E-state index contributed by atoms with van der Waals surface area (Å²) in [5.41, 5.74) is 0.418. The van der Waals surface area contributed by atoms with E-state index in [0.717, 1.165) is 6.26 Å². The molecule has 1 aromatic carbocycles. The molecule has 0 saturated carbocycles. The molecular weight excluding hydrogens is 412 g/mol. The number of carboxylic acids is 1. The minimum atomic E-state index is -3.75. The second kappa shape index (κ2) is 9.62. The summed E-state index contributed by atoms with van der Waals surface area (Å²) < 4.78 is 37.8. The number of hydrogen-bond donors (Lipinski definition) is 1. The van der Waals surface area contributed by atoms with Crippen LogP contribution in [-0.2, 0) is 35.2 Å². The van der Waals surface area contributed by atoms with Crippen LogP contribution in [0.1, 0.15) is 12.0 Å². The topological polar surface area (TPSA) is 163 Å². The van der Waals surface area contributed by atoms with E-state index in [1.54, 1.807) is 0 Å². The number of amides is 1. The van der Waals surface area contributed by atoms with E-state index in [4.69, 9.17) is 18.8 Å². The molecule has 1 heterocycles. The largest absolute Gasteiger partial charge is 0.480 e. The van der Waals surface area contributed by atoms with Crippen LogP contribution in [0.3, 0.4) is 0 Å². The van der Waals surface area contributed by atoms with E-state index in [2.05, 4.69) is 0 Å². The molecule has 2 rings (SSSR count). The van der Waals surface area contributed by atoms with Crippen LogP contribution in [0.25, 0.3) is 0 Å². The Balaban J connectivity index is 1.98. The van der Waals surface area contributed by atoms with Crippen molar-refractivity contribution in [1.29, 1.82) is 0 Å². The fraction of sp³-hybridized carbons (Fsp3) is 0.500. The van der Waals surface area contributed by atoms with E-state index in [-0.39, 0.29) is 31.9 Å². The number of non-ortho nitro benzene ring substituents is 1. The van der Waals surface area contributed by atoms with Gasteiger partial charge in [-0.1, -0.05) is 0 Å². The summed E-state index contributed by atoms with van der Waals surface area (Å²) >= 11 is 0. The van der Waals surface area contributed by atoms with Crippen LogP contribution in [0.4, 0.5) is 10.5 Å². The number of aliphatic carboxylic acids is 1. The summed E-state index contributed by atoms with van der Waals surface area (Å²) in [7, 11) is -3.75. The number of nitrogens with zero attached hydrogens (tertiary/aromatic N) is 2. The Labute approximate surface area is 166 Å². The smallest absolute Gasteiger partial charge is 0.410 e. The van der Waals surface area contributed by atoms with Gasteiger partial charge in [-0.2, -0.15) is 8.42 Å². The first kappa shape index (κ1) is 22.5. The van der Waals surface area contributed by atoms with Gasteiger partial charge < -0.3 is 19.5 Å². The first-order chi connectivity index (χ1) is 13.5. The van der Waals surface area contributed by atoms with Gasteiger partial charge >= 0.3 is 12.1 Å². The molecule has 29 heavy (non-hydrogen) atoms. The number of carboxylic acid groups (broad SMARTS) is 1. The first-order valence-corrected chi connectivity index (χ1v) is 10.2. The van der Waals surface area contributed by atoms with Gasteiger partial charge in [0.05, 0.1) is 36.5 Å². The number of ether oxygens (including phenoxy) is 2. The third kappa shape index (κ3) is 7.29. The fourth-order valence-electron chi connectivity index (χ4n) is 2.80. The predicted molar refractivity (Wildman–Crippen MR) is 96.6 cm³/mol. The minimum Gasteiger partial charge on any atom is -0.480 e. The van der Waals surface area contributed by atoms with Crippen molar-refractivity contribution >= 4 is 27.9 Å². The lowest BCUT2D eigenvalue weighted by Crippen LogP contribution is -2.39. The van der Waals surface area contributed by atoms with Crippen LogP contribution in [0, 0.1) is 10.1 Å². The highest BCUT2D eigenvalue weighted by Crippen LogP contribution is 2.23. The maximum absolute atomic E-state index is 12.4. The third-order valence-corrected chi connectivity index (χ3v) is 4.59. The monoisotopic (exact) mass is 432 g/mol. The summed E-state index contributed by atoms with van der Waals surface area (Å²) in [5, 5.41) is 19.3. The van der Waals surface area contributed by atoms with E-state index in [9.17, 15) is 28.1 Å². The van der Waals surface area contributed by atoms with Crippen molar-refractivity contribution in [3.05, 3.63) is 39.9 Å². The van der Waals surface area contributed by atoms with E-state index >= 15 is 0 Å². The average molecular weight is 432 g/mol. The number of carbonyl (C=O) groups is 2. The first-order valence-electron chi connectivity index (χ1n) is 8.39. The highest BCUT2D eigenvalue weighted by molar-refractivity contribution is 7.86. The standard InChI is InChI=1S/C16H20N2O10S/c1-29(24,25)28-14-6-13(9-26-10-15(19)20)17(7-14)16(21)27-8-11-2-4-12(5-3-11)18(22)23/h2-5,13-14H,6-10H2,1H3,(H,19,20)/t13-,14+/m0/s1. The van der Waals surface area contributed by atoms with Gasteiger partial charge in [0.25, 0.3) is 15.8 Å². The molecule has 1 amide bonds. The van der Waals surface area contributed by atoms with E-state index in [1.165, 1.54) is 29.2 Å². The number of likely N-dealkylation sites (tertiary alicyclic amines) is 1. The van der Waals surface area contributed by atoms with Crippen LogP contribution in [0.2, 0.25) is 0 Å². The Kier molecular flexibility index (Phi) is 7.47. The zero-order valence-electron chi connectivity index (χ0n) is 15.4. The van der Waals surface area contributed by atoms with E-state index < -0.39 is 45.9 Å². The number of benzene rings is 1. The second-order valence-electron chi connectivity index (χ2n) is 6.35. The minimum absolute atomic E-state index is 0.0761. The van der Waals surface area contributed by atoms with Crippen molar-refractivity contribution in [2.75, 3.05) is 26.0 Å². The molecule has 1 fully saturated rings. The normalized spacial score (nSPS) is 19.1. The van der Waals surface area contributed by atoms with Gasteiger partial charge in [0.1, 0.15) is 13.2 Å². The van der Waals surface area contributed by atoms with Gasteiger partial charge in [0.2, 0.25) is 0 Å². The van der Waals surface area contributed by atoms with E-state index in [0.29, 0.717) is 5.56 Å². The Bertz CT molecular complexity index is 855. The van der Waals surface area contributed by atoms with Crippen molar-refractivity contribution in [3.8, 4) is 0 Å². The van der Waals surface area contributed by atoms with Crippen LogP contribution in [-0.4, -0.2) is 73.6 Å². The van der Waals surface area contributed by atoms with Crippen molar-refractivity contribution < 1.29 is 41.7 Å². The van der Waals surface area contributed by atoms with Crippen molar-refractivity contribution in [2.24, 2.45) is 0 Å². The lowest BCUT2D eigenvalue weighted by molar-refractivity contribution is -0.384. The number of nitro benzene ring substituents is 1. The molecule has 12 nitrogen and oxygen atoms in total. The summed E-state index contributed by atoms with van der Waals surface area (Å²) in [4.78, 5) is 34.3. The molecule has 1 aliphatic heterocycles. The summed E-state index contributed by atoms with van der Waals surface area (Å²) in [6, 6.07) is 4.80. The number of nitro groups is 1. The molecule has 0 aromatic heterocycles. The number of hydrogen-bond acceptors (Lipinski definition) is 9. The van der Waals surface area contributed by atoms with Gasteiger partial charge in [0, 0.05) is 12.1 Å². The lowest BCUT2D eigenvalue weighted by Gasteiger charge is -2.23. The van der Waals surface area contributed by atoms with E-state index in [1.807, 2.05) is 0 Å². The molecule has 0 spiro atoms. The number of carbonyl (C=O) groups excluding carboxylic acids is 1. The Morgan fingerprint density at radius 2 is 1.97 bits per heavy atom. The molecule has 0 bridgehead atoms. The maximum Gasteiger partial charge on any atom is 0.410 e. The Hall–Kier alpha value is -2.77. The van der Waals surface area contributed by atoms with Crippen LogP contribution in [0.15, 0.2) is 24.3 Å². The third-order valence-electron chi connectivity index (χ3n) is 3.97. The van der Waals surface area contributed by atoms with Crippen molar-refractivity contribution in [3.63, 3.8) is 0 Å². The average Bonchev–Trinajstić information content (AvgIpc) is 3.00. The molecule has 0 aliphatic carbocycles. The SMILES string of the molecule is CS(=O)(=O)O[C@@H]1C[C@@H](COCC(=O)O)N(C(=O)OCc2ccc([N+](=O)[O-])cc2)C1. The second-order valence-corrected chi connectivity index (χ2v) is 7.95. The molecule has 0 unspecified atom stereocenters. The van der Waals surface area contributed by atoms with Crippen LogP contribution < -0.4 is 0 Å². The lowest BCUT2D eigenvalue weighted by atomic mass is 10.2. The molecule has 1 aromatic rings. The molecule has 13 heteroatoms. The van der Waals surface area contributed by atoms with Gasteiger partial charge in [-0.05, 0) is 24.1 Å². The fourth-order valence-corrected chi connectivity index (χ4v) is 3.43. The highest BCUT2D eigenvalue weighted by atomic mass is 32.2. The number of rotatable bonds is 9. The molecule has 1 aliphatic rings. The van der Waals surface area contributed by atoms with Gasteiger partial charge in [-0.25, -0.2) is 9.59 Å². The quantitative estimate of drug-likeness (QED) is 0.335. The maximum atomic E-state index is 12.4. The summed E-state index contributed by atoms with van der Waals surface area (Å²) in [6.45, 7) is -0.941. The molecule has 0 radical (unpaired) electrons. The summed E-state index contributed by atoms with van der Waals surface area (Å²) in [5.74, 6) is -1.18. The molecular formula is C16H20N2O10S. The Morgan fingerprint density at radius 3 is 2.52 bits per heavy atom. The van der Waals surface area contributed by atoms with Crippen LogP contribution in [0.5, 0.6) is 0 Å². The molecule has 2 atom stereocenters. The predicted octanol–water partition coefficient (Wildman–Crippen LogP) is 0.752. The van der Waals surface area contributed by atoms with Gasteiger partial charge in [-0.15, -0.1) is 0 Å². The molecule has 160 valence electrons. The van der Waals surface area contributed by atoms with Crippen molar-refractivity contribution in [2.45, 2.75) is 25.2 Å². The molecule has 1 N–H and O–H groups in total. The van der Waals surface area contributed by atoms with Crippen LogP contribution >= 0.6 is 0 Å². The van der Waals surface area contributed by atoms with Gasteiger partial charge in [-0.3, -0.25) is 14.3 Å².